The van der Waals surface area contributed by atoms with E-state index in [1.807, 2.05) is 36.4 Å². The van der Waals surface area contributed by atoms with Gasteiger partial charge in [-0.25, -0.2) is 4.98 Å². The molecule has 1 saturated heterocycles. The van der Waals surface area contributed by atoms with E-state index in [0.717, 1.165) is 19.6 Å². The number of aromatic nitrogens is 2. The van der Waals surface area contributed by atoms with E-state index >= 15 is 0 Å². The van der Waals surface area contributed by atoms with Gasteiger partial charge in [0.05, 0.1) is 17.5 Å². The molecule has 0 aliphatic carbocycles. The van der Waals surface area contributed by atoms with E-state index in [2.05, 4.69) is 27.0 Å². The van der Waals surface area contributed by atoms with Crippen molar-refractivity contribution >= 4 is 16.9 Å². The number of ether oxygens (including phenoxy) is 2. The lowest BCUT2D eigenvalue weighted by Crippen LogP contribution is -2.44. The fourth-order valence-electron chi connectivity index (χ4n) is 3.78. The highest BCUT2D eigenvalue weighted by Gasteiger charge is 2.22. The Bertz CT molecular complexity index is 1070. The molecule has 1 N–H and O–H groups in total. The highest BCUT2D eigenvalue weighted by Crippen LogP contribution is 2.12. The van der Waals surface area contributed by atoms with Crippen molar-refractivity contribution in [1.29, 1.82) is 0 Å². The van der Waals surface area contributed by atoms with E-state index in [1.54, 1.807) is 6.07 Å². The van der Waals surface area contributed by atoms with Crippen LogP contribution >= 0.6 is 0 Å². The Morgan fingerprint density at radius 2 is 1.97 bits per heavy atom. The average Bonchev–Trinajstić information content (AvgIpc) is 2.79. The lowest BCUT2D eigenvalue weighted by atomic mass is 10.2. The number of H-pyrrole nitrogens is 1. The molecule has 7 heteroatoms. The predicted molar refractivity (Wildman–Crippen MR) is 118 cm³/mol. The van der Waals surface area contributed by atoms with Crippen molar-refractivity contribution in [2.45, 2.75) is 31.9 Å². The van der Waals surface area contributed by atoms with E-state index in [-0.39, 0.29) is 30.7 Å². The number of hydrogen-bond donors (Lipinski definition) is 1. The van der Waals surface area contributed by atoms with Crippen LogP contribution in [0.2, 0.25) is 0 Å². The van der Waals surface area contributed by atoms with Crippen LogP contribution in [0, 0.1) is 0 Å². The van der Waals surface area contributed by atoms with E-state index in [0.29, 0.717) is 36.2 Å². The molecule has 31 heavy (non-hydrogen) atoms. The highest BCUT2D eigenvalue weighted by atomic mass is 16.6. The van der Waals surface area contributed by atoms with E-state index < -0.39 is 0 Å². The SMILES string of the molecule is O=C(CCCc1nc2ccccc2c(=O)[nH]1)OCC1CN(Cc2ccccc2)CCO1. The van der Waals surface area contributed by atoms with Crippen LogP contribution in [0.1, 0.15) is 24.2 Å². The molecule has 0 saturated carbocycles. The van der Waals surface area contributed by atoms with Crippen LogP contribution in [-0.4, -0.2) is 53.2 Å². The van der Waals surface area contributed by atoms with Gasteiger partial charge < -0.3 is 14.5 Å². The number of aromatic amines is 1. The molecule has 1 aliphatic heterocycles. The number of esters is 1. The number of morpholine rings is 1. The Morgan fingerprint density at radius 3 is 2.84 bits per heavy atom. The Morgan fingerprint density at radius 1 is 1.16 bits per heavy atom. The number of nitrogens with one attached hydrogen (secondary N) is 1. The molecular formula is C24H27N3O4. The second kappa shape index (κ2) is 10.3. The zero-order chi connectivity index (χ0) is 21.5. The molecule has 162 valence electrons. The molecule has 1 aromatic heterocycles. The van der Waals surface area contributed by atoms with Crippen LogP contribution < -0.4 is 5.56 Å². The van der Waals surface area contributed by atoms with E-state index in [4.69, 9.17) is 9.47 Å². The molecule has 0 bridgehead atoms. The second-order valence-electron chi connectivity index (χ2n) is 7.78. The number of nitrogens with zero attached hydrogens (tertiary/aromatic N) is 2. The molecule has 0 amide bonds. The monoisotopic (exact) mass is 421 g/mol. The van der Waals surface area contributed by atoms with Gasteiger partial charge in [0.1, 0.15) is 18.5 Å². The minimum atomic E-state index is -0.257. The Labute approximate surface area is 181 Å². The summed E-state index contributed by atoms with van der Waals surface area (Å²) in [4.78, 5) is 33.8. The largest absolute Gasteiger partial charge is 0.463 e. The molecule has 3 aromatic rings. The summed E-state index contributed by atoms with van der Waals surface area (Å²) in [5.41, 5.74) is 1.77. The van der Waals surface area contributed by atoms with Crippen molar-refractivity contribution in [3.05, 3.63) is 76.3 Å². The van der Waals surface area contributed by atoms with Crippen molar-refractivity contribution in [3.8, 4) is 0 Å². The predicted octanol–water partition coefficient (Wildman–Crippen LogP) is 2.69. The molecule has 2 aromatic carbocycles. The number of benzene rings is 2. The maximum Gasteiger partial charge on any atom is 0.305 e. The summed E-state index contributed by atoms with van der Waals surface area (Å²) in [5, 5.41) is 0.569. The molecule has 0 radical (unpaired) electrons. The normalized spacial score (nSPS) is 17.0. The van der Waals surface area contributed by atoms with Crippen molar-refractivity contribution in [3.63, 3.8) is 0 Å². The Hall–Kier alpha value is -3.03. The van der Waals surface area contributed by atoms with E-state index in [1.165, 1.54) is 5.56 Å². The number of aryl methyl sites for hydroxylation is 1. The third-order valence-electron chi connectivity index (χ3n) is 5.36. The fraction of sp³-hybridized carbons (Fsp3) is 0.375. The quantitative estimate of drug-likeness (QED) is 0.563. The summed E-state index contributed by atoms with van der Waals surface area (Å²) in [6.45, 7) is 3.37. The molecule has 7 nitrogen and oxygen atoms in total. The Kier molecular flexibility index (Phi) is 7.07. The van der Waals surface area contributed by atoms with Gasteiger partial charge in [0.15, 0.2) is 0 Å². The smallest absolute Gasteiger partial charge is 0.305 e. The maximum atomic E-state index is 12.1. The number of rotatable bonds is 8. The third kappa shape index (κ3) is 5.99. The first-order valence-electron chi connectivity index (χ1n) is 10.7. The average molecular weight is 421 g/mol. The van der Waals surface area contributed by atoms with Crippen molar-refractivity contribution in [1.82, 2.24) is 14.9 Å². The molecule has 1 atom stereocenters. The van der Waals surface area contributed by atoms with Crippen LogP contribution in [0.4, 0.5) is 0 Å². The molecule has 4 rings (SSSR count). The fourth-order valence-corrected chi connectivity index (χ4v) is 3.78. The van der Waals surface area contributed by atoms with Crippen LogP contribution in [0.5, 0.6) is 0 Å². The van der Waals surface area contributed by atoms with Gasteiger partial charge in [-0.1, -0.05) is 42.5 Å². The zero-order valence-electron chi connectivity index (χ0n) is 17.5. The van der Waals surface area contributed by atoms with Gasteiger partial charge >= 0.3 is 5.97 Å². The van der Waals surface area contributed by atoms with Gasteiger partial charge in [-0.2, -0.15) is 0 Å². The Balaban J connectivity index is 1.19. The van der Waals surface area contributed by atoms with Gasteiger partial charge in [0.2, 0.25) is 0 Å². The number of para-hydroxylation sites is 1. The van der Waals surface area contributed by atoms with Gasteiger partial charge in [-0.15, -0.1) is 0 Å². The molecule has 1 fully saturated rings. The molecule has 0 spiro atoms. The van der Waals surface area contributed by atoms with Gasteiger partial charge in [-0.3, -0.25) is 14.5 Å². The van der Waals surface area contributed by atoms with Crippen LogP contribution in [0.25, 0.3) is 10.9 Å². The first-order valence-corrected chi connectivity index (χ1v) is 10.7. The second-order valence-corrected chi connectivity index (χ2v) is 7.78. The minimum absolute atomic E-state index is 0.111. The highest BCUT2D eigenvalue weighted by molar-refractivity contribution is 5.77. The van der Waals surface area contributed by atoms with E-state index in [9.17, 15) is 9.59 Å². The first-order chi connectivity index (χ1) is 15.2. The molecule has 1 aliphatic rings. The minimum Gasteiger partial charge on any atom is -0.463 e. The van der Waals surface area contributed by atoms with Crippen molar-refractivity contribution in [2.24, 2.45) is 0 Å². The van der Waals surface area contributed by atoms with Gasteiger partial charge in [0, 0.05) is 32.5 Å². The molecule has 1 unspecified atom stereocenters. The summed E-state index contributed by atoms with van der Waals surface area (Å²) in [7, 11) is 0. The first kappa shape index (κ1) is 21.2. The number of fused-ring (bicyclic) bond motifs is 1. The van der Waals surface area contributed by atoms with Gasteiger partial charge in [0.25, 0.3) is 5.56 Å². The topological polar surface area (TPSA) is 84.5 Å². The lowest BCUT2D eigenvalue weighted by Gasteiger charge is -2.32. The number of hydrogen-bond acceptors (Lipinski definition) is 6. The zero-order valence-corrected chi connectivity index (χ0v) is 17.5. The lowest BCUT2D eigenvalue weighted by molar-refractivity contribution is -0.150. The van der Waals surface area contributed by atoms with Crippen LogP contribution in [0.3, 0.4) is 0 Å². The summed E-state index contributed by atoms with van der Waals surface area (Å²) < 4.78 is 11.2. The summed E-state index contributed by atoms with van der Waals surface area (Å²) in [6.07, 6.45) is 1.24. The number of carbonyl (C=O) groups excluding carboxylic acids is 1. The van der Waals surface area contributed by atoms with Crippen LogP contribution in [0.15, 0.2) is 59.4 Å². The third-order valence-corrected chi connectivity index (χ3v) is 5.36. The molecule has 2 heterocycles. The van der Waals surface area contributed by atoms with Crippen molar-refractivity contribution in [2.75, 3.05) is 26.3 Å². The van der Waals surface area contributed by atoms with Gasteiger partial charge in [-0.05, 0) is 24.1 Å². The molecular weight excluding hydrogens is 394 g/mol. The summed E-state index contributed by atoms with van der Waals surface area (Å²) >= 11 is 0. The van der Waals surface area contributed by atoms with Crippen LogP contribution in [-0.2, 0) is 27.2 Å². The number of carbonyl (C=O) groups is 1. The summed E-state index contributed by atoms with van der Waals surface area (Å²) in [5.74, 6) is 0.329. The maximum absolute atomic E-state index is 12.1. The summed E-state index contributed by atoms with van der Waals surface area (Å²) in [6, 6.07) is 17.5. The standard InChI is InChI=1S/C24H27N3O4/c28-23(12-6-11-22-25-21-10-5-4-9-20(21)24(29)26-22)31-17-19-16-27(13-14-30-19)15-18-7-2-1-3-8-18/h1-5,7-10,19H,6,11-17H2,(H,25,26,29). The van der Waals surface area contributed by atoms with Crippen molar-refractivity contribution < 1.29 is 14.3 Å².